The van der Waals surface area contributed by atoms with E-state index in [9.17, 15) is 9.59 Å². The van der Waals surface area contributed by atoms with Crippen LogP contribution in [-0.4, -0.2) is 13.9 Å². The summed E-state index contributed by atoms with van der Waals surface area (Å²) in [4.78, 5) is 23.3. The first-order valence-corrected chi connectivity index (χ1v) is 4.69. The number of nitrogens with zero attached hydrogens (tertiary/aromatic N) is 3. The maximum atomic E-state index is 11.7. The van der Waals surface area contributed by atoms with Crippen LogP contribution in [0.4, 0.5) is 0 Å². The second-order valence-corrected chi connectivity index (χ2v) is 4.08. The van der Waals surface area contributed by atoms with Crippen LogP contribution < -0.4 is 11.4 Å². The molecule has 0 radical (unpaired) electrons. The highest BCUT2D eigenvalue weighted by Crippen LogP contribution is 2.44. The molecular formula is C9H11N3O2. The van der Waals surface area contributed by atoms with Gasteiger partial charge in [-0.05, 0) is 12.8 Å². The maximum Gasteiger partial charge on any atom is 0.347 e. The number of hydrogen-bond donors (Lipinski definition) is 0. The lowest BCUT2D eigenvalue weighted by atomic mass is 10.2. The lowest BCUT2D eigenvalue weighted by molar-refractivity contribution is 0.430. The van der Waals surface area contributed by atoms with Gasteiger partial charge in [0.15, 0.2) is 0 Å². The van der Waals surface area contributed by atoms with Crippen molar-refractivity contribution in [3.05, 3.63) is 33.1 Å². The van der Waals surface area contributed by atoms with Crippen molar-refractivity contribution in [2.45, 2.75) is 24.9 Å². The fourth-order valence-electron chi connectivity index (χ4n) is 2.59. The SMILES string of the molecule is C=C1C[C@H]2C[C@@H]1n1c(=O)n(C)c(=O)n12. The maximum absolute atomic E-state index is 11.7. The van der Waals surface area contributed by atoms with Crippen molar-refractivity contribution in [1.29, 1.82) is 0 Å². The quantitative estimate of drug-likeness (QED) is 0.535. The van der Waals surface area contributed by atoms with Gasteiger partial charge in [-0.15, -0.1) is 0 Å². The summed E-state index contributed by atoms with van der Waals surface area (Å²) in [6.45, 7) is 3.93. The zero-order chi connectivity index (χ0) is 10.0. The molecule has 0 unspecified atom stereocenters. The van der Waals surface area contributed by atoms with E-state index in [4.69, 9.17) is 0 Å². The fraction of sp³-hybridized carbons (Fsp3) is 0.556. The van der Waals surface area contributed by atoms with E-state index in [1.807, 2.05) is 0 Å². The molecule has 1 fully saturated rings. The third-order valence-corrected chi connectivity index (χ3v) is 3.30. The van der Waals surface area contributed by atoms with Crippen molar-refractivity contribution in [3.63, 3.8) is 0 Å². The van der Waals surface area contributed by atoms with E-state index in [0.717, 1.165) is 23.0 Å². The molecule has 3 rings (SSSR count). The standard InChI is InChI=1S/C9H11N3O2/c1-5-3-6-4-7(5)12-9(14)10(2)8(13)11(6)12/h6-7H,1,3-4H2,2H3/t6-,7-/m0/s1. The normalized spacial score (nSPS) is 28.5. The van der Waals surface area contributed by atoms with Crippen molar-refractivity contribution >= 4 is 0 Å². The predicted molar refractivity (Wildman–Crippen MR) is 50.4 cm³/mol. The van der Waals surface area contributed by atoms with Crippen molar-refractivity contribution in [3.8, 4) is 0 Å². The molecule has 0 N–H and O–H groups in total. The summed E-state index contributed by atoms with van der Waals surface area (Å²) in [6.07, 6.45) is 1.71. The van der Waals surface area contributed by atoms with Crippen LogP contribution in [0, 0.1) is 0 Å². The van der Waals surface area contributed by atoms with Gasteiger partial charge in [-0.3, -0.25) is 0 Å². The second-order valence-electron chi connectivity index (χ2n) is 4.08. The molecule has 2 atom stereocenters. The number of rotatable bonds is 0. The van der Waals surface area contributed by atoms with Gasteiger partial charge in [0, 0.05) is 7.05 Å². The highest BCUT2D eigenvalue weighted by Gasteiger charge is 2.42. The monoisotopic (exact) mass is 193 g/mol. The van der Waals surface area contributed by atoms with Crippen molar-refractivity contribution in [1.82, 2.24) is 13.9 Å². The number of aromatic nitrogens is 3. The molecule has 2 bridgehead atoms. The van der Waals surface area contributed by atoms with Crippen LogP contribution >= 0.6 is 0 Å². The van der Waals surface area contributed by atoms with Crippen molar-refractivity contribution in [2.75, 3.05) is 0 Å². The van der Waals surface area contributed by atoms with Crippen LogP contribution in [0.25, 0.3) is 0 Å². The van der Waals surface area contributed by atoms with Gasteiger partial charge < -0.3 is 0 Å². The largest absolute Gasteiger partial charge is 0.347 e. The molecule has 0 spiro atoms. The molecule has 0 saturated heterocycles. The van der Waals surface area contributed by atoms with Crippen molar-refractivity contribution < 1.29 is 0 Å². The molecule has 5 heteroatoms. The Hall–Kier alpha value is -1.52. The number of hydrogen-bond acceptors (Lipinski definition) is 2. The van der Waals surface area contributed by atoms with E-state index in [2.05, 4.69) is 6.58 Å². The Balaban J connectivity index is 2.42. The summed E-state index contributed by atoms with van der Waals surface area (Å²) in [7, 11) is 1.52. The summed E-state index contributed by atoms with van der Waals surface area (Å²) >= 11 is 0. The Kier molecular flexibility index (Phi) is 1.18. The summed E-state index contributed by atoms with van der Waals surface area (Å²) in [5, 5.41) is 0. The number of allylic oxidation sites excluding steroid dienone is 1. The summed E-state index contributed by atoms with van der Waals surface area (Å²) < 4.78 is 4.30. The van der Waals surface area contributed by atoms with Gasteiger partial charge >= 0.3 is 11.4 Å². The minimum atomic E-state index is -0.219. The minimum absolute atomic E-state index is 0.0569. The molecule has 1 aromatic heterocycles. The third-order valence-electron chi connectivity index (χ3n) is 3.30. The molecular weight excluding hydrogens is 182 g/mol. The highest BCUT2D eigenvalue weighted by atomic mass is 16.2. The first kappa shape index (κ1) is 7.84. The average Bonchev–Trinajstić information content (AvgIpc) is 2.74. The van der Waals surface area contributed by atoms with Crippen LogP contribution in [0.5, 0.6) is 0 Å². The van der Waals surface area contributed by atoms with Gasteiger partial charge in [0.05, 0.1) is 12.1 Å². The van der Waals surface area contributed by atoms with E-state index in [1.54, 1.807) is 9.36 Å². The first-order chi connectivity index (χ1) is 6.61. The second kappa shape index (κ2) is 2.10. The van der Waals surface area contributed by atoms with Crippen molar-refractivity contribution in [2.24, 2.45) is 7.05 Å². The fourth-order valence-corrected chi connectivity index (χ4v) is 2.59. The Labute approximate surface area is 79.9 Å². The minimum Gasteiger partial charge on any atom is -0.246 e. The van der Waals surface area contributed by atoms with E-state index >= 15 is 0 Å². The zero-order valence-electron chi connectivity index (χ0n) is 7.93. The van der Waals surface area contributed by atoms with Gasteiger partial charge in [0.25, 0.3) is 0 Å². The lowest BCUT2D eigenvalue weighted by Gasteiger charge is -2.16. The smallest absolute Gasteiger partial charge is 0.246 e. The Morgan fingerprint density at radius 1 is 1.29 bits per heavy atom. The lowest BCUT2D eigenvalue weighted by Crippen LogP contribution is -2.28. The van der Waals surface area contributed by atoms with Crippen LogP contribution in [0.2, 0.25) is 0 Å². The van der Waals surface area contributed by atoms with Gasteiger partial charge in [0.1, 0.15) is 0 Å². The molecule has 1 aromatic rings. The summed E-state index contributed by atoms with van der Waals surface area (Å²) in [6, 6.07) is 0.218. The Morgan fingerprint density at radius 3 is 2.64 bits per heavy atom. The van der Waals surface area contributed by atoms with Gasteiger partial charge in [-0.2, -0.15) is 0 Å². The third kappa shape index (κ3) is 0.636. The molecule has 0 aromatic carbocycles. The molecule has 14 heavy (non-hydrogen) atoms. The Morgan fingerprint density at radius 2 is 1.93 bits per heavy atom. The van der Waals surface area contributed by atoms with E-state index in [1.165, 1.54) is 7.05 Å². The Bertz CT molecular complexity index is 545. The molecule has 74 valence electrons. The average molecular weight is 193 g/mol. The molecule has 1 aliphatic heterocycles. The van der Waals surface area contributed by atoms with Crippen LogP contribution in [0.3, 0.4) is 0 Å². The van der Waals surface area contributed by atoms with Gasteiger partial charge in [0.2, 0.25) is 0 Å². The molecule has 2 heterocycles. The van der Waals surface area contributed by atoms with Gasteiger partial charge in [-0.1, -0.05) is 12.2 Å². The molecule has 5 nitrogen and oxygen atoms in total. The topological polar surface area (TPSA) is 48.9 Å². The van der Waals surface area contributed by atoms with E-state index < -0.39 is 0 Å². The molecule has 0 amide bonds. The van der Waals surface area contributed by atoms with E-state index in [-0.39, 0.29) is 23.5 Å². The highest BCUT2D eigenvalue weighted by molar-refractivity contribution is 5.17. The van der Waals surface area contributed by atoms with E-state index in [0.29, 0.717) is 0 Å². The first-order valence-electron chi connectivity index (χ1n) is 4.69. The molecule has 2 aliphatic rings. The number of fused-ring (bicyclic) bond motifs is 5. The molecule has 1 saturated carbocycles. The van der Waals surface area contributed by atoms with Crippen LogP contribution in [0.1, 0.15) is 24.9 Å². The zero-order valence-corrected chi connectivity index (χ0v) is 7.93. The van der Waals surface area contributed by atoms with Crippen LogP contribution in [0.15, 0.2) is 21.7 Å². The summed E-state index contributed by atoms with van der Waals surface area (Å²) in [5.74, 6) is 0. The van der Waals surface area contributed by atoms with Crippen LogP contribution in [-0.2, 0) is 7.05 Å². The van der Waals surface area contributed by atoms with Gasteiger partial charge in [-0.25, -0.2) is 23.5 Å². The predicted octanol–water partition coefficient (Wildman–Crippen LogP) is -0.206. The molecule has 1 aliphatic carbocycles. The summed E-state index contributed by atoms with van der Waals surface area (Å²) in [5.41, 5.74) is 0.654.